The van der Waals surface area contributed by atoms with Crippen LogP contribution in [0.1, 0.15) is 32.8 Å². The molecule has 0 spiro atoms. The number of carbonyl (C=O) groups excluding carboxylic acids is 5. The molecule has 2 atom stereocenters. The number of H-pyrrole nitrogens is 1. The summed E-state index contributed by atoms with van der Waals surface area (Å²) in [6.07, 6.45) is 1.00. The van der Waals surface area contributed by atoms with Crippen molar-refractivity contribution in [3.63, 3.8) is 0 Å². The van der Waals surface area contributed by atoms with Gasteiger partial charge < -0.3 is 30.0 Å². The molecule has 12 heteroatoms. The van der Waals surface area contributed by atoms with Gasteiger partial charge in [0, 0.05) is 36.5 Å². The number of fused-ring (bicyclic) bond motifs is 1. The van der Waals surface area contributed by atoms with E-state index in [9.17, 15) is 24.0 Å². The van der Waals surface area contributed by atoms with Crippen LogP contribution in [-0.4, -0.2) is 77.7 Å². The van der Waals surface area contributed by atoms with Gasteiger partial charge in [-0.25, -0.2) is 14.5 Å². The molecule has 2 heterocycles. The number of methoxy groups -OCH3 is 1. The number of aromatic amines is 1. The number of esters is 1. The number of para-hydroxylation sites is 2. The van der Waals surface area contributed by atoms with E-state index in [-0.39, 0.29) is 19.4 Å². The third-order valence-corrected chi connectivity index (χ3v) is 6.70. The van der Waals surface area contributed by atoms with Gasteiger partial charge in [0.15, 0.2) is 0 Å². The summed E-state index contributed by atoms with van der Waals surface area (Å²) in [5, 5.41) is 6.31. The van der Waals surface area contributed by atoms with Gasteiger partial charge >= 0.3 is 18.1 Å². The summed E-state index contributed by atoms with van der Waals surface area (Å²) in [5.41, 5.74) is 1.26. The summed E-state index contributed by atoms with van der Waals surface area (Å²) < 4.78 is 10.2. The molecule has 3 N–H and O–H groups in total. The Morgan fingerprint density at radius 3 is 2.43 bits per heavy atom. The van der Waals surface area contributed by atoms with E-state index in [4.69, 9.17) is 9.47 Å². The zero-order valence-electron chi connectivity index (χ0n) is 24.0. The maximum Gasteiger partial charge on any atom is 0.408 e. The average molecular weight is 578 g/mol. The second-order valence-corrected chi connectivity index (χ2v) is 10.9. The third kappa shape index (κ3) is 7.25. The number of benzene rings is 2. The Morgan fingerprint density at radius 2 is 1.74 bits per heavy atom. The van der Waals surface area contributed by atoms with Crippen molar-refractivity contribution in [3.05, 3.63) is 66.4 Å². The normalized spacial score (nSPS) is 16.2. The molecule has 1 unspecified atom stereocenters. The van der Waals surface area contributed by atoms with E-state index in [2.05, 4.69) is 15.6 Å². The number of alkyl carbamates (subject to hydrolysis) is 1. The molecule has 0 saturated carbocycles. The van der Waals surface area contributed by atoms with Crippen molar-refractivity contribution in [3.8, 4) is 0 Å². The van der Waals surface area contributed by atoms with Crippen molar-refractivity contribution < 1.29 is 33.4 Å². The van der Waals surface area contributed by atoms with Crippen molar-refractivity contribution in [1.29, 1.82) is 0 Å². The maximum absolute atomic E-state index is 13.5. The summed E-state index contributed by atoms with van der Waals surface area (Å²) in [6, 6.07) is 13.4. The molecule has 2 aromatic carbocycles. The molecule has 5 amide bonds. The van der Waals surface area contributed by atoms with E-state index in [1.807, 2.05) is 24.3 Å². The minimum atomic E-state index is -1.04. The average Bonchev–Trinajstić information content (AvgIpc) is 3.35. The highest BCUT2D eigenvalue weighted by molar-refractivity contribution is 6.16. The Kier molecular flexibility index (Phi) is 9.14. The van der Waals surface area contributed by atoms with Crippen LogP contribution in [0.25, 0.3) is 10.9 Å². The van der Waals surface area contributed by atoms with Crippen LogP contribution < -0.4 is 15.5 Å². The Hall–Kier alpha value is -4.87. The van der Waals surface area contributed by atoms with Crippen LogP contribution >= 0.6 is 0 Å². The lowest BCUT2D eigenvalue weighted by Crippen LogP contribution is -2.61. The van der Waals surface area contributed by atoms with Crippen LogP contribution in [0.15, 0.2) is 60.8 Å². The predicted octanol–water partition coefficient (Wildman–Crippen LogP) is 3.12. The maximum atomic E-state index is 13.5. The number of hydrogen-bond acceptors (Lipinski definition) is 7. The standard InChI is InChI=1S/C30H35N5O7/c1-30(2,3)42-28(39)33-24(14-19-16-31-23-13-9-8-12-22(19)23)27(38)32-17-21-15-25(36)35(20-10-6-5-7-11-20)29(40)34(21)18-26(37)41-4/h5-13,16,21,24,31H,14-15,17-18H2,1-4H3,(H,32,38)(H,33,39)/t21-,24?/m0/s1. The summed E-state index contributed by atoms with van der Waals surface area (Å²) in [6.45, 7) is 4.59. The van der Waals surface area contributed by atoms with E-state index in [0.717, 1.165) is 21.4 Å². The molecule has 12 nitrogen and oxygen atoms in total. The molecule has 0 radical (unpaired) electrons. The fourth-order valence-corrected chi connectivity index (χ4v) is 4.73. The molecule has 1 aliphatic rings. The van der Waals surface area contributed by atoms with Gasteiger partial charge in [0.1, 0.15) is 18.2 Å². The highest BCUT2D eigenvalue weighted by atomic mass is 16.6. The summed E-state index contributed by atoms with van der Waals surface area (Å²) in [5.74, 6) is -1.70. The number of rotatable bonds is 9. The number of urea groups is 1. The van der Waals surface area contributed by atoms with Gasteiger partial charge in [-0.15, -0.1) is 0 Å². The van der Waals surface area contributed by atoms with Crippen LogP contribution in [-0.2, 0) is 30.3 Å². The fourth-order valence-electron chi connectivity index (χ4n) is 4.73. The molecule has 1 aliphatic heterocycles. The van der Waals surface area contributed by atoms with Gasteiger partial charge in [-0.3, -0.25) is 14.4 Å². The molecule has 1 fully saturated rings. The van der Waals surface area contributed by atoms with Gasteiger partial charge in [0.2, 0.25) is 11.8 Å². The number of hydrogen-bond donors (Lipinski definition) is 3. The first-order chi connectivity index (χ1) is 20.0. The molecule has 1 aromatic heterocycles. The van der Waals surface area contributed by atoms with Crippen LogP contribution in [0.3, 0.4) is 0 Å². The summed E-state index contributed by atoms with van der Waals surface area (Å²) in [4.78, 5) is 70.2. The van der Waals surface area contributed by atoms with Crippen molar-refractivity contribution in [2.75, 3.05) is 25.1 Å². The molecule has 42 heavy (non-hydrogen) atoms. The second-order valence-electron chi connectivity index (χ2n) is 10.9. The van der Waals surface area contributed by atoms with Crippen molar-refractivity contribution >= 4 is 46.5 Å². The van der Waals surface area contributed by atoms with Crippen LogP contribution in [0.5, 0.6) is 0 Å². The third-order valence-electron chi connectivity index (χ3n) is 6.70. The van der Waals surface area contributed by atoms with Gasteiger partial charge in [-0.2, -0.15) is 0 Å². The summed E-state index contributed by atoms with van der Waals surface area (Å²) in [7, 11) is 1.20. The number of nitrogens with zero attached hydrogens (tertiary/aromatic N) is 2. The lowest BCUT2D eigenvalue weighted by Gasteiger charge is -2.39. The van der Waals surface area contributed by atoms with E-state index in [0.29, 0.717) is 5.69 Å². The van der Waals surface area contributed by atoms with Gasteiger partial charge in [0.05, 0.1) is 18.8 Å². The predicted molar refractivity (Wildman–Crippen MR) is 155 cm³/mol. The molecule has 1 saturated heterocycles. The number of amides is 5. The first-order valence-corrected chi connectivity index (χ1v) is 13.5. The summed E-state index contributed by atoms with van der Waals surface area (Å²) >= 11 is 0. The molecule has 222 valence electrons. The van der Waals surface area contributed by atoms with Gasteiger partial charge in [-0.05, 0) is 44.5 Å². The number of anilines is 1. The monoisotopic (exact) mass is 577 g/mol. The molecule has 0 bridgehead atoms. The topological polar surface area (TPSA) is 150 Å². The van der Waals surface area contributed by atoms with Crippen molar-refractivity contribution in [2.45, 2.75) is 51.3 Å². The van der Waals surface area contributed by atoms with E-state index in [1.54, 1.807) is 57.3 Å². The van der Waals surface area contributed by atoms with Crippen LogP contribution in [0.2, 0.25) is 0 Å². The molecular weight excluding hydrogens is 542 g/mol. The van der Waals surface area contributed by atoms with Crippen molar-refractivity contribution in [1.82, 2.24) is 20.5 Å². The smallest absolute Gasteiger partial charge is 0.408 e. The Morgan fingerprint density at radius 1 is 1.05 bits per heavy atom. The number of carbonyl (C=O) groups is 5. The first-order valence-electron chi connectivity index (χ1n) is 13.5. The van der Waals surface area contributed by atoms with E-state index >= 15 is 0 Å². The number of imide groups is 1. The number of ether oxygens (including phenoxy) is 2. The molecule has 4 rings (SSSR count). The highest BCUT2D eigenvalue weighted by Crippen LogP contribution is 2.24. The minimum absolute atomic E-state index is 0.143. The zero-order valence-corrected chi connectivity index (χ0v) is 24.0. The number of nitrogens with one attached hydrogen (secondary N) is 3. The van der Waals surface area contributed by atoms with Crippen molar-refractivity contribution in [2.24, 2.45) is 0 Å². The molecular formula is C30H35N5O7. The fraction of sp³-hybridized carbons (Fsp3) is 0.367. The minimum Gasteiger partial charge on any atom is -0.468 e. The second kappa shape index (κ2) is 12.8. The molecule has 3 aromatic rings. The number of aromatic nitrogens is 1. The highest BCUT2D eigenvalue weighted by Gasteiger charge is 2.41. The van der Waals surface area contributed by atoms with Crippen LogP contribution in [0, 0.1) is 0 Å². The van der Waals surface area contributed by atoms with Gasteiger partial charge in [-0.1, -0.05) is 36.4 Å². The molecule has 0 aliphatic carbocycles. The lowest BCUT2D eigenvalue weighted by molar-refractivity contribution is -0.142. The first kappa shape index (κ1) is 30.1. The van der Waals surface area contributed by atoms with E-state index in [1.165, 1.54) is 12.0 Å². The lowest BCUT2D eigenvalue weighted by atomic mass is 10.0. The van der Waals surface area contributed by atoms with Crippen LogP contribution in [0.4, 0.5) is 15.3 Å². The quantitative estimate of drug-likeness (QED) is 0.331. The zero-order chi connectivity index (χ0) is 30.4. The largest absolute Gasteiger partial charge is 0.468 e. The SMILES string of the molecule is COC(=O)CN1C(=O)N(c2ccccc2)C(=O)C[C@H]1CNC(=O)C(Cc1c[nH]c2ccccc12)NC(=O)OC(C)(C)C. The Labute approximate surface area is 243 Å². The van der Waals surface area contributed by atoms with Gasteiger partial charge in [0.25, 0.3) is 0 Å². The Balaban J connectivity index is 1.53. The van der Waals surface area contributed by atoms with E-state index < -0.39 is 54.1 Å². The Bertz CT molecular complexity index is 1460.